The maximum Gasteiger partial charge on any atom is 0.204 e. The van der Waals surface area contributed by atoms with Gasteiger partial charge < -0.3 is 4.90 Å². The van der Waals surface area contributed by atoms with Crippen LogP contribution in [0.3, 0.4) is 0 Å². The molecule has 136 valence electrons. The van der Waals surface area contributed by atoms with Gasteiger partial charge in [0.15, 0.2) is 0 Å². The minimum atomic E-state index is 0.575. The Hall–Kier alpha value is -1.82. The molecule has 0 fully saturated rings. The van der Waals surface area contributed by atoms with E-state index in [0.717, 1.165) is 45.3 Å². The second kappa shape index (κ2) is 9.21. The zero-order valence-corrected chi connectivity index (χ0v) is 16.8. The van der Waals surface area contributed by atoms with Crippen LogP contribution in [0.15, 0.2) is 47.6 Å². The van der Waals surface area contributed by atoms with Crippen molar-refractivity contribution in [3.05, 3.63) is 53.6 Å². The van der Waals surface area contributed by atoms with Crippen molar-refractivity contribution in [2.75, 3.05) is 35.2 Å². The predicted octanol–water partition coefficient (Wildman–Crippen LogP) is 5.33. The first-order valence-electron chi connectivity index (χ1n) is 8.33. The van der Waals surface area contributed by atoms with Gasteiger partial charge in [0.1, 0.15) is 0 Å². The highest BCUT2D eigenvalue weighted by Crippen LogP contribution is 2.25. The van der Waals surface area contributed by atoms with Crippen LogP contribution in [0.1, 0.15) is 11.1 Å². The Kier molecular flexibility index (Phi) is 6.72. The van der Waals surface area contributed by atoms with Crippen LogP contribution in [0.4, 0.5) is 10.8 Å². The molecule has 0 spiro atoms. The Morgan fingerprint density at radius 3 is 2.62 bits per heavy atom. The van der Waals surface area contributed by atoms with Gasteiger partial charge in [-0.3, -0.25) is 5.43 Å². The third-order valence-corrected chi connectivity index (χ3v) is 5.26. The molecule has 0 saturated heterocycles. The molecule has 0 unspecified atom stereocenters. The molecule has 1 heterocycles. The van der Waals surface area contributed by atoms with Gasteiger partial charge >= 0.3 is 0 Å². The van der Waals surface area contributed by atoms with Crippen LogP contribution in [0.2, 0.25) is 0 Å². The van der Waals surface area contributed by atoms with Gasteiger partial charge in [-0.2, -0.15) is 5.10 Å². The number of anilines is 2. The van der Waals surface area contributed by atoms with Gasteiger partial charge in [-0.05, 0) is 42.3 Å². The van der Waals surface area contributed by atoms with Crippen LogP contribution in [0.5, 0.6) is 0 Å². The van der Waals surface area contributed by atoms with Crippen LogP contribution in [0.25, 0.3) is 10.2 Å². The summed E-state index contributed by atoms with van der Waals surface area (Å²) >= 11 is 13.4. The van der Waals surface area contributed by atoms with Gasteiger partial charge in [0.2, 0.25) is 5.13 Å². The number of aryl methyl sites for hydroxylation is 1. The Morgan fingerprint density at radius 2 is 1.92 bits per heavy atom. The third-order valence-electron chi connectivity index (χ3n) is 3.99. The Bertz CT molecular complexity index is 855. The third kappa shape index (κ3) is 4.67. The fourth-order valence-corrected chi connectivity index (χ4v) is 3.88. The van der Waals surface area contributed by atoms with Crippen molar-refractivity contribution in [2.24, 2.45) is 5.10 Å². The lowest BCUT2D eigenvalue weighted by Gasteiger charge is -2.23. The number of aromatic nitrogens is 1. The van der Waals surface area contributed by atoms with E-state index in [-0.39, 0.29) is 0 Å². The molecule has 2 aromatic carbocycles. The standard InChI is InChI=1S/C19H20Cl2N4S/c1-14-12-16(25(10-8-20)11-9-21)7-6-15(14)13-22-24-19-23-17-4-2-3-5-18(17)26-19/h2-7,12-13H,8-11H2,1H3,(H,23,24)/b22-13+. The van der Waals surface area contributed by atoms with Crippen molar-refractivity contribution in [3.8, 4) is 0 Å². The van der Waals surface area contributed by atoms with Gasteiger partial charge in [0.25, 0.3) is 0 Å². The number of rotatable bonds is 8. The molecule has 0 amide bonds. The van der Waals surface area contributed by atoms with E-state index in [0.29, 0.717) is 11.8 Å². The first kappa shape index (κ1) is 19.0. The number of hydrogen-bond donors (Lipinski definition) is 1. The van der Waals surface area contributed by atoms with Gasteiger partial charge in [-0.15, -0.1) is 23.2 Å². The van der Waals surface area contributed by atoms with Gasteiger partial charge in [0, 0.05) is 30.5 Å². The number of nitrogens with zero attached hydrogens (tertiary/aromatic N) is 3. The van der Waals surface area contributed by atoms with Crippen LogP contribution < -0.4 is 10.3 Å². The van der Waals surface area contributed by atoms with Crippen molar-refractivity contribution in [1.82, 2.24) is 4.98 Å². The summed E-state index contributed by atoms with van der Waals surface area (Å²) in [4.78, 5) is 6.69. The second-order valence-corrected chi connectivity index (χ2v) is 7.55. The molecule has 3 aromatic rings. The maximum absolute atomic E-state index is 5.89. The highest BCUT2D eigenvalue weighted by Gasteiger charge is 2.07. The average Bonchev–Trinajstić information content (AvgIpc) is 3.05. The highest BCUT2D eigenvalue weighted by molar-refractivity contribution is 7.22. The number of hydrazone groups is 1. The van der Waals surface area contributed by atoms with E-state index >= 15 is 0 Å². The van der Waals surface area contributed by atoms with E-state index in [1.165, 1.54) is 0 Å². The van der Waals surface area contributed by atoms with Crippen LogP contribution >= 0.6 is 34.5 Å². The fourth-order valence-electron chi connectivity index (χ4n) is 2.65. The number of nitrogens with one attached hydrogen (secondary N) is 1. The number of fused-ring (bicyclic) bond motifs is 1. The molecule has 0 aliphatic carbocycles. The summed E-state index contributed by atoms with van der Waals surface area (Å²) < 4.78 is 1.14. The summed E-state index contributed by atoms with van der Waals surface area (Å²) in [7, 11) is 0. The fraction of sp³-hybridized carbons (Fsp3) is 0.263. The largest absolute Gasteiger partial charge is 0.369 e. The van der Waals surface area contributed by atoms with E-state index in [4.69, 9.17) is 23.2 Å². The molecule has 7 heteroatoms. The number of halogens is 2. The molecule has 3 rings (SSSR count). The van der Waals surface area contributed by atoms with Crippen molar-refractivity contribution in [1.29, 1.82) is 0 Å². The summed E-state index contributed by atoms with van der Waals surface area (Å²) in [6.45, 7) is 3.63. The topological polar surface area (TPSA) is 40.5 Å². The van der Waals surface area contributed by atoms with Crippen LogP contribution in [0, 0.1) is 6.92 Å². The number of hydrogen-bond acceptors (Lipinski definition) is 5. The van der Waals surface area contributed by atoms with E-state index in [1.807, 2.05) is 24.4 Å². The lowest BCUT2D eigenvalue weighted by molar-refractivity contribution is 0.873. The summed E-state index contributed by atoms with van der Waals surface area (Å²) in [5.41, 5.74) is 7.32. The quantitative estimate of drug-likeness (QED) is 0.312. The highest BCUT2D eigenvalue weighted by atomic mass is 35.5. The van der Waals surface area contributed by atoms with Crippen molar-refractivity contribution >= 4 is 61.8 Å². The molecule has 4 nitrogen and oxygen atoms in total. The van der Waals surface area contributed by atoms with Gasteiger partial charge in [0.05, 0.1) is 16.4 Å². The monoisotopic (exact) mass is 406 g/mol. The second-order valence-electron chi connectivity index (χ2n) is 5.76. The van der Waals surface area contributed by atoms with Crippen molar-refractivity contribution in [3.63, 3.8) is 0 Å². The summed E-state index contributed by atoms with van der Waals surface area (Å²) in [5, 5.41) is 5.12. The number of para-hydroxylation sites is 1. The van der Waals surface area contributed by atoms with Crippen molar-refractivity contribution < 1.29 is 0 Å². The Morgan fingerprint density at radius 1 is 1.15 bits per heavy atom. The first-order chi connectivity index (χ1) is 12.7. The Labute approximate surface area is 167 Å². The number of alkyl halides is 2. The molecule has 0 atom stereocenters. The summed E-state index contributed by atoms with van der Waals surface area (Å²) in [6.07, 6.45) is 1.82. The Balaban J connectivity index is 1.69. The molecule has 26 heavy (non-hydrogen) atoms. The number of benzene rings is 2. The van der Waals surface area contributed by atoms with Crippen molar-refractivity contribution in [2.45, 2.75) is 6.92 Å². The van der Waals surface area contributed by atoms with Gasteiger partial charge in [-0.25, -0.2) is 4.98 Å². The lowest BCUT2D eigenvalue weighted by atomic mass is 10.1. The van der Waals surface area contributed by atoms with E-state index in [2.05, 4.69) is 51.6 Å². The molecule has 0 bridgehead atoms. The minimum Gasteiger partial charge on any atom is -0.369 e. The smallest absolute Gasteiger partial charge is 0.204 e. The average molecular weight is 407 g/mol. The molecule has 1 N–H and O–H groups in total. The number of thiazole rings is 1. The van der Waals surface area contributed by atoms with Gasteiger partial charge in [-0.1, -0.05) is 29.5 Å². The molecular formula is C19H20Cl2N4S. The molecular weight excluding hydrogens is 387 g/mol. The minimum absolute atomic E-state index is 0.575. The molecule has 0 radical (unpaired) electrons. The summed E-state index contributed by atoms with van der Waals surface area (Å²) in [5.74, 6) is 1.15. The SMILES string of the molecule is Cc1cc(N(CCCl)CCCl)ccc1/C=N/Nc1nc2ccccc2s1. The lowest BCUT2D eigenvalue weighted by Crippen LogP contribution is -2.27. The molecule has 1 aromatic heterocycles. The van der Waals surface area contributed by atoms with Crippen LogP contribution in [-0.4, -0.2) is 36.0 Å². The zero-order chi connectivity index (χ0) is 18.4. The van der Waals surface area contributed by atoms with E-state index < -0.39 is 0 Å². The first-order valence-corrected chi connectivity index (χ1v) is 10.2. The zero-order valence-electron chi connectivity index (χ0n) is 14.5. The molecule has 0 aliphatic rings. The van der Waals surface area contributed by atoms with E-state index in [9.17, 15) is 0 Å². The maximum atomic E-state index is 5.89. The van der Waals surface area contributed by atoms with E-state index in [1.54, 1.807) is 11.3 Å². The van der Waals surface area contributed by atoms with Crippen LogP contribution in [-0.2, 0) is 0 Å². The molecule has 0 saturated carbocycles. The normalized spacial score (nSPS) is 11.3. The molecule has 0 aliphatic heterocycles. The predicted molar refractivity (Wildman–Crippen MR) is 116 cm³/mol. The summed E-state index contributed by atoms with van der Waals surface area (Å²) in [6, 6.07) is 14.3.